The Balaban J connectivity index is 0.000000178. The van der Waals surface area contributed by atoms with Crippen molar-refractivity contribution in [1.82, 2.24) is 10.2 Å². The molecule has 4 heteroatoms. The minimum Gasteiger partial charge on any atom is -0.330 e. The average Bonchev–Trinajstić information content (AvgIpc) is 2.68. The maximum atomic E-state index is 11.9. The molecule has 0 bridgehead atoms. The molecule has 1 atom stereocenters. The highest BCUT2D eigenvalue weighted by molar-refractivity contribution is 5.90. The van der Waals surface area contributed by atoms with Gasteiger partial charge in [-0.25, -0.2) is 5.32 Å². The zero-order valence-corrected chi connectivity index (χ0v) is 12.8. The molecule has 3 heterocycles. The van der Waals surface area contributed by atoms with E-state index in [4.69, 9.17) is 5.73 Å². The summed E-state index contributed by atoms with van der Waals surface area (Å²) in [5.41, 5.74) is 5.39. The molecular weight excluding hydrogens is 250 g/mol. The summed E-state index contributed by atoms with van der Waals surface area (Å²) < 4.78 is 0. The summed E-state index contributed by atoms with van der Waals surface area (Å²) in [7, 11) is 0. The normalized spacial score (nSPS) is 29.6. The molecule has 20 heavy (non-hydrogen) atoms. The smallest absolute Gasteiger partial charge is 0.206 e. The number of hydrogen-bond donors (Lipinski definition) is 1. The maximum Gasteiger partial charge on any atom is 0.206 e. The molecule has 0 amide bonds. The first-order valence-corrected chi connectivity index (χ1v) is 8.41. The molecule has 3 fully saturated rings. The Morgan fingerprint density at radius 2 is 1.80 bits per heavy atom. The van der Waals surface area contributed by atoms with E-state index >= 15 is 0 Å². The van der Waals surface area contributed by atoms with Crippen LogP contribution in [0.4, 0.5) is 0 Å². The molecule has 0 aromatic heterocycles. The van der Waals surface area contributed by atoms with Crippen LogP contribution in [0.25, 0.3) is 0 Å². The number of carbonyl (C=O) groups excluding carboxylic acids is 1. The second-order valence-corrected chi connectivity index (χ2v) is 6.27. The summed E-state index contributed by atoms with van der Waals surface area (Å²) in [5.74, 6) is 0.446. The standard InChI is InChI=1S/C10H18N2O.C6H12N/c11-6-1-3-9(13)10-4-2-7-12(10)8-5-10;1-2-4-6-7-5-3-1/h1-8,11H2;1-6H2/q+1;. The number of ketones is 1. The lowest BCUT2D eigenvalue weighted by molar-refractivity contribution is -0.131. The Bertz CT molecular complexity index is 288. The highest BCUT2D eigenvalue weighted by atomic mass is 16.1. The first-order chi connectivity index (χ1) is 9.79. The zero-order chi connectivity index (χ0) is 14.3. The quantitative estimate of drug-likeness (QED) is 0.794. The summed E-state index contributed by atoms with van der Waals surface area (Å²) in [6.45, 7) is 5.16. The summed E-state index contributed by atoms with van der Waals surface area (Å²) in [4.78, 5) is 14.2. The van der Waals surface area contributed by atoms with Crippen molar-refractivity contribution < 1.29 is 4.79 Å². The largest absolute Gasteiger partial charge is 0.330 e. The van der Waals surface area contributed by atoms with Crippen LogP contribution in [0.15, 0.2) is 0 Å². The van der Waals surface area contributed by atoms with Crippen LogP contribution in [0.5, 0.6) is 0 Å². The van der Waals surface area contributed by atoms with Gasteiger partial charge in [-0.05, 0) is 25.8 Å². The molecule has 3 saturated heterocycles. The molecule has 1 unspecified atom stereocenters. The van der Waals surface area contributed by atoms with Crippen LogP contribution < -0.4 is 16.0 Å². The fourth-order valence-electron chi connectivity index (χ4n) is 3.57. The zero-order valence-electron chi connectivity index (χ0n) is 12.8. The van der Waals surface area contributed by atoms with Crippen molar-refractivity contribution >= 4 is 5.78 Å². The van der Waals surface area contributed by atoms with Crippen molar-refractivity contribution in [2.24, 2.45) is 5.73 Å². The van der Waals surface area contributed by atoms with E-state index in [2.05, 4.69) is 10.2 Å². The van der Waals surface area contributed by atoms with Crippen molar-refractivity contribution in [2.75, 3.05) is 32.7 Å². The predicted molar refractivity (Wildman–Crippen MR) is 82.1 cm³/mol. The fraction of sp³-hybridized carbons (Fsp3) is 0.938. The van der Waals surface area contributed by atoms with E-state index in [1.54, 1.807) is 0 Å². The van der Waals surface area contributed by atoms with Gasteiger partial charge in [0.1, 0.15) is 13.1 Å². The van der Waals surface area contributed by atoms with E-state index in [-0.39, 0.29) is 5.54 Å². The second-order valence-electron chi connectivity index (χ2n) is 6.27. The van der Waals surface area contributed by atoms with E-state index in [1.165, 1.54) is 32.1 Å². The monoisotopic (exact) mass is 280 g/mol. The summed E-state index contributed by atoms with van der Waals surface area (Å²) in [6.07, 6.45) is 10.4. The minimum absolute atomic E-state index is 0.0187. The number of nitrogens with zero attached hydrogens (tertiary/aromatic N) is 2. The van der Waals surface area contributed by atoms with Crippen LogP contribution >= 0.6 is 0 Å². The van der Waals surface area contributed by atoms with Gasteiger partial charge in [0.2, 0.25) is 5.54 Å². The molecule has 0 spiro atoms. The molecule has 0 aliphatic carbocycles. The third-order valence-corrected chi connectivity index (χ3v) is 4.93. The lowest BCUT2D eigenvalue weighted by atomic mass is 9.79. The molecule has 3 aliphatic rings. The van der Waals surface area contributed by atoms with Gasteiger partial charge in [0.15, 0.2) is 5.78 Å². The molecule has 2 radical (unpaired) electrons. The van der Waals surface area contributed by atoms with Crippen molar-refractivity contribution in [1.29, 1.82) is 0 Å². The number of carbonyl (C=O) groups is 1. The SMILES string of the molecule is C1CCC[N]CC1.NCCCC(=O)C12CCC[N+]1CC2. The molecule has 0 saturated carbocycles. The van der Waals surface area contributed by atoms with Gasteiger partial charge in [0, 0.05) is 32.4 Å². The Hall–Kier alpha value is -0.450. The summed E-state index contributed by atoms with van der Waals surface area (Å²) in [5, 5.41) is 4.27. The topological polar surface area (TPSA) is 63.1 Å². The Labute approximate surface area is 123 Å². The van der Waals surface area contributed by atoms with Gasteiger partial charge in [-0.3, -0.25) is 4.79 Å². The fourth-order valence-corrected chi connectivity index (χ4v) is 3.57. The first-order valence-electron chi connectivity index (χ1n) is 8.41. The van der Waals surface area contributed by atoms with E-state index in [0.717, 1.165) is 45.4 Å². The van der Waals surface area contributed by atoms with E-state index in [1.807, 2.05) is 0 Å². The Morgan fingerprint density at radius 3 is 2.35 bits per heavy atom. The Morgan fingerprint density at radius 1 is 1.05 bits per heavy atom. The van der Waals surface area contributed by atoms with Crippen LogP contribution in [0, 0.1) is 0 Å². The van der Waals surface area contributed by atoms with Crippen molar-refractivity contribution in [3.8, 4) is 0 Å². The van der Waals surface area contributed by atoms with E-state index < -0.39 is 0 Å². The number of hydrogen-bond acceptors (Lipinski definition) is 3. The molecule has 2 N–H and O–H groups in total. The van der Waals surface area contributed by atoms with Crippen molar-refractivity contribution in [3.05, 3.63) is 0 Å². The maximum absolute atomic E-state index is 11.9. The highest BCUT2D eigenvalue weighted by Crippen LogP contribution is 2.39. The number of nitrogens with two attached hydrogens (primary N) is 1. The minimum atomic E-state index is -0.0187. The highest BCUT2D eigenvalue weighted by Gasteiger charge is 2.62. The van der Waals surface area contributed by atoms with E-state index in [0.29, 0.717) is 18.7 Å². The molecule has 114 valence electrons. The average molecular weight is 280 g/mol. The Kier molecular flexibility index (Phi) is 6.46. The van der Waals surface area contributed by atoms with Crippen molar-refractivity contribution in [2.45, 2.75) is 63.3 Å². The van der Waals surface area contributed by atoms with E-state index in [9.17, 15) is 4.79 Å². The van der Waals surface area contributed by atoms with Crippen LogP contribution in [0.2, 0.25) is 0 Å². The van der Waals surface area contributed by atoms with Gasteiger partial charge < -0.3 is 5.73 Å². The predicted octanol–water partition coefficient (Wildman–Crippen LogP) is 1.54. The lowest BCUT2D eigenvalue weighted by Crippen LogP contribution is -2.64. The number of fused-ring (bicyclic) bond motifs is 1. The van der Waals surface area contributed by atoms with Crippen LogP contribution in [-0.2, 0) is 4.79 Å². The third kappa shape index (κ3) is 3.80. The van der Waals surface area contributed by atoms with Gasteiger partial charge in [0.25, 0.3) is 0 Å². The van der Waals surface area contributed by atoms with Gasteiger partial charge in [-0.1, -0.05) is 12.8 Å². The van der Waals surface area contributed by atoms with Crippen LogP contribution in [0.3, 0.4) is 0 Å². The number of rotatable bonds is 4. The molecule has 0 aromatic carbocycles. The molecule has 3 rings (SSSR count). The molecule has 3 aliphatic heterocycles. The van der Waals surface area contributed by atoms with Crippen LogP contribution in [0.1, 0.15) is 57.8 Å². The summed E-state index contributed by atoms with van der Waals surface area (Å²) >= 11 is 0. The van der Waals surface area contributed by atoms with Gasteiger partial charge in [0.05, 0.1) is 6.42 Å². The van der Waals surface area contributed by atoms with Crippen LogP contribution in [-0.4, -0.2) is 44.0 Å². The number of Topliss-reactive ketones (excluding diaryl/α,β-unsaturated/α-hetero) is 1. The molecule has 4 nitrogen and oxygen atoms in total. The third-order valence-electron chi connectivity index (χ3n) is 4.93. The second kappa shape index (κ2) is 8.11. The first kappa shape index (κ1) is 15.9. The van der Waals surface area contributed by atoms with Gasteiger partial charge in [-0.2, -0.15) is 4.90 Å². The lowest BCUT2D eigenvalue weighted by Gasteiger charge is -2.36. The van der Waals surface area contributed by atoms with Gasteiger partial charge in [-0.15, -0.1) is 0 Å². The molecular formula is C16H30N3O+. The molecule has 0 aromatic rings. The van der Waals surface area contributed by atoms with Gasteiger partial charge >= 0.3 is 0 Å². The van der Waals surface area contributed by atoms with Crippen molar-refractivity contribution in [3.63, 3.8) is 0 Å². The summed E-state index contributed by atoms with van der Waals surface area (Å²) in [6, 6.07) is 0.